The van der Waals surface area contributed by atoms with E-state index in [9.17, 15) is 19.2 Å². The summed E-state index contributed by atoms with van der Waals surface area (Å²) in [5.41, 5.74) is 1.74. The first-order chi connectivity index (χ1) is 18.0. The summed E-state index contributed by atoms with van der Waals surface area (Å²) in [6.45, 7) is 2.27. The van der Waals surface area contributed by atoms with Gasteiger partial charge in [-0.1, -0.05) is 49.4 Å². The van der Waals surface area contributed by atoms with E-state index >= 15 is 0 Å². The molecular weight excluding hydrogens is 468 g/mol. The van der Waals surface area contributed by atoms with Crippen LogP contribution >= 0.6 is 0 Å². The highest BCUT2D eigenvalue weighted by Crippen LogP contribution is 2.65. The Balaban J connectivity index is 1.25. The Morgan fingerprint density at radius 2 is 1.57 bits per heavy atom. The van der Waals surface area contributed by atoms with Crippen molar-refractivity contribution in [2.75, 3.05) is 11.9 Å². The van der Waals surface area contributed by atoms with E-state index in [4.69, 9.17) is 4.74 Å². The van der Waals surface area contributed by atoms with Crippen LogP contribution in [0.25, 0.3) is 0 Å². The molecule has 0 unspecified atom stereocenters. The number of allylic oxidation sites excluding steroid dienone is 2. The van der Waals surface area contributed by atoms with Crippen molar-refractivity contribution in [3.05, 3.63) is 77.9 Å². The zero-order valence-corrected chi connectivity index (χ0v) is 20.7. The quantitative estimate of drug-likeness (QED) is 0.339. The zero-order chi connectivity index (χ0) is 25.7. The number of esters is 1. The Morgan fingerprint density at radius 3 is 2.16 bits per heavy atom. The summed E-state index contributed by atoms with van der Waals surface area (Å²) in [6.07, 6.45) is 6.33. The van der Waals surface area contributed by atoms with Gasteiger partial charge >= 0.3 is 5.97 Å². The van der Waals surface area contributed by atoms with Crippen LogP contribution in [-0.4, -0.2) is 41.2 Å². The number of rotatable bonds is 8. The van der Waals surface area contributed by atoms with Gasteiger partial charge in [0.15, 0.2) is 0 Å². The number of hydrogen-bond donors (Lipinski definition) is 1. The van der Waals surface area contributed by atoms with E-state index in [1.807, 2.05) is 37.3 Å². The molecule has 1 heterocycles. The number of carbonyl (C=O) groups is 4. The molecule has 1 saturated heterocycles. The molecule has 7 atom stereocenters. The lowest BCUT2D eigenvalue weighted by atomic mass is 9.63. The number of amides is 3. The van der Waals surface area contributed by atoms with Gasteiger partial charge in [-0.3, -0.25) is 19.3 Å². The van der Waals surface area contributed by atoms with E-state index in [2.05, 4.69) is 17.5 Å². The predicted molar refractivity (Wildman–Crippen MR) is 136 cm³/mol. The summed E-state index contributed by atoms with van der Waals surface area (Å²) in [5, 5.41) is 2.87. The topological polar surface area (TPSA) is 92.8 Å². The van der Waals surface area contributed by atoms with Gasteiger partial charge < -0.3 is 10.1 Å². The molecule has 1 aliphatic heterocycles. The van der Waals surface area contributed by atoms with E-state index < -0.39 is 17.9 Å². The van der Waals surface area contributed by atoms with Crippen LogP contribution in [-0.2, 0) is 25.5 Å². The van der Waals surface area contributed by atoms with Gasteiger partial charge in [0.25, 0.3) is 0 Å². The molecule has 0 aromatic heterocycles. The van der Waals surface area contributed by atoms with Gasteiger partial charge in [-0.2, -0.15) is 0 Å². The van der Waals surface area contributed by atoms with Crippen LogP contribution in [0.5, 0.6) is 0 Å². The van der Waals surface area contributed by atoms with Crippen molar-refractivity contribution in [3.8, 4) is 0 Å². The van der Waals surface area contributed by atoms with Crippen LogP contribution in [0.4, 0.5) is 5.69 Å². The Kier molecular flexibility index (Phi) is 5.94. The molecule has 7 nitrogen and oxygen atoms in total. The molecule has 4 aliphatic carbocycles. The maximum absolute atomic E-state index is 13.7. The second-order valence-corrected chi connectivity index (χ2v) is 10.6. The fourth-order valence-electron chi connectivity index (χ4n) is 6.62. The molecule has 190 valence electrons. The minimum Gasteiger partial charge on any atom is -0.462 e. The largest absolute Gasteiger partial charge is 0.462 e. The highest BCUT2D eigenvalue weighted by atomic mass is 16.5. The number of ether oxygens (including phenoxy) is 1. The van der Waals surface area contributed by atoms with Crippen LogP contribution in [0.2, 0.25) is 0 Å². The average Bonchev–Trinajstić information content (AvgIpc) is 3.70. The van der Waals surface area contributed by atoms with Crippen molar-refractivity contribution in [3.63, 3.8) is 0 Å². The number of carbonyl (C=O) groups excluding carboxylic acids is 4. The molecule has 5 aliphatic rings. The maximum Gasteiger partial charge on any atom is 0.338 e. The number of hydrogen-bond acceptors (Lipinski definition) is 5. The standard InChI is InChI=1S/C30H30N2O5/c1-2-14-37-30(36)18-8-10-19(11-9-18)31-27(33)24(15-17-6-4-3-5-7-17)32-28(34)25-20-12-13-21(23-16-22(20)23)26(25)29(32)35/h3-13,20-26H,2,14-16H2,1H3,(H,31,33)/t20-,21-,22-,23-,24-,25-,26+/m0/s1. The summed E-state index contributed by atoms with van der Waals surface area (Å²) in [5.74, 6) is -0.793. The van der Waals surface area contributed by atoms with Crippen molar-refractivity contribution in [2.45, 2.75) is 32.2 Å². The third-order valence-electron chi connectivity index (χ3n) is 8.41. The number of benzene rings is 2. The summed E-state index contributed by atoms with van der Waals surface area (Å²) in [6, 6.07) is 14.9. The van der Waals surface area contributed by atoms with Gasteiger partial charge in [-0.15, -0.1) is 0 Å². The first kappa shape index (κ1) is 23.6. The molecule has 0 radical (unpaired) electrons. The number of nitrogens with one attached hydrogen (secondary N) is 1. The van der Waals surface area contributed by atoms with Gasteiger partial charge in [0, 0.05) is 12.1 Å². The Labute approximate surface area is 215 Å². The molecule has 2 aromatic carbocycles. The predicted octanol–water partition coefficient (Wildman–Crippen LogP) is 3.86. The van der Waals surface area contributed by atoms with Crippen molar-refractivity contribution >= 4 is 29.4 Å². The second-order valence-electron chi connectivity index (χ2n) is 10.6. The molecule has 2 saturated carbocycles. The van der Waals surface area contributed by atoms with Gasteiger partial charge in [0.2, 0.25) is 17.7 Å². The van der Waals surface area contributed by atoms with Gasteiger partial charge in [-0.25, -0.2) is 4.79 Å². The van der Waals surface area contributed by atoms with Gasteiger partial charge in [0.1, 0.15) is 6.04 Å². The lowest BCUT2D eigenvalue weighted by Crippen LogP contribution is -2.49. The first-order valence-electron chi connectivity index (χ1n) is 13.1. The highest BCUT2D eigenvalue weighted by Gasteiger charge is 2.67. The monoisotopic (exact) mass is 498 g/mol. The van der Waals surface area contributed by atoms with E-state index in [0.29, 0.717) is 29.7 Å². The Bertz CT molecular complexity index is 1230. The van der Waals surface area contributed by atoms with E-state index in [1.165, 1.54) is 4.90 Å². The fraction of sp³-hybridized carbons (Fsp3) is 0.400. The van der Waals surface area contributed by atoms with Crippen molar-refractivity contribution < 1.29 is 23.9 Å². The highest BCUT2D eigenvalue weighted by molar-refractivity contribution is 6.10. The molecule has 2 bridgehead atoms. The molecule has 7 rings (SSSR count). The molecule has 0 spiro atoms. The number of likely N-dealkylation sites (tertiary alicyclic amines) is 1. The van der Waals surface area contributed by atoms with Crippen LogP contribution in [0.15, 0.2) is 66.7 Å². The van der Waals surface area contributed by atoms with Crippen molar-refractivity contribution in [2.24, 2.45) is 35.5 Å². The zero-order valence-electron chi connectivity index (χ0n) is 20.7. The fourth-order valence-corrected chi connectivity index (χ4v) is 6.62. The number of nitrogens with zero attached hydrogens (tertiary/aromatic N) is 1. The lowest BCUT2D eigenvalue weighted by molar-refractivity contribution is -0.146. The summed E-state index contributed by atoms with van der Waals surface area (Å²) in [4.78, 5) is 54.5. The minimum absolute atomic E-state index is 0.0990. The van der Waals surface area contributed by atoms with E-state index in [0.717, 1.165) is 18.4 Å². The normalized spacial score (nSPS) is 29.5. The molecular formula is C30H30N2O5. The number of imide groups is 1. The van der Waals surface area contributed by atoms with E-state index in [-0.39, 0.29) is 41.9 Å². The SMILES string of the molecule is CCCOC(=O)c1ccc(NC(=O)[C@H](Cc2ccccc2)N2C(=O)[C@@H]3[C@H]4C=C[C@@H]([C@@H]5C[C@@H]45)[C@@H]3C2=O)cc1. The van der Waals surface area contributed by atoms with Crippen molar-refractivity contribution in [1.29, 1.82) is 0 Å². The summed E-state index contributed by atoms with van der Waals surface area (Å²) in [7, 11) is 0. The minimum atomic E-state index is -0.960. The average molecular weight is 499 g/mol. The molecule has 7 heteroatoms. The molecule has 3 amide bonds. The lowest BCUT2D eigenvalue weighted by Gasteiger charge is -2.37. The smallest absolute Gasteiger partial charge is 0.338 e. The molecule has 3 fully saturated rings. The van der Waals surface area contributed by atoms with Crippen LogP contribution in [0.1, 0.15) is 35.7 Å². The van der Waals surface area contributed by atoms with Crippen LogP contribution in [0, 0.1) is 35.5 Å². The molecule has 1 N–H and O–H groups in total. The van der Waals surface area contributed by atoms with E-state index in [1.54, 1.807) is 24.3 Å². The van der Waals surface area contributed by atoms with Crippen LogP contribution < -0.4 is 5.32 Å². The van der Waals surface area contributed by atoms with Crippen LogP contribution in [0.3, 0.4) is 0 Å². The second kappa shape index (κ2) is 9.29. The summed E-state index contributed by atoms with van der Waals surface area (Å²) < 4.78 is 5.16. The van der Waals surface area contributed by atoms with Gasteiger partial charge in [-0.05, 0) is 66.3 Å². The maximum atomic E-state index is 13.7. The Hall–Kier alpha value is -3.74. The summed E-state index contributed by atoms with van der Waals surface area (Å²) >= 11 is 0. The Morgan fingerprint density at radius 1 is 0.946 bits per heavy atom. The molecule has 2 aromatic rings. The number of anilines is 1. The third kappa shape index (κ3) is 4.06. The third-order valence-corrected chi connectivity index (χ3v) is 8.41. The van der Waals surface area contributed by atoms with Crippen molar-refractivity contribution in [1.82, 2.24) is 4.90 Å². The first-order valence-corrected chi connectivity index (χ1v) is 13.1. The molecule has 37 heavy (non-hydrogen) atoms. The van der Waals surface area contributed by atoms with Gasteiger partial charge in [0.05, 0.1) is 24.0 Å².